The molecule has 17 nitrogen and oxygen atoms in total. The van der Waals surface area contributed by atoms with Crippen molar-refractivity contribution in [2.24, 2.45) is 31.9 Å². The van der Waals surface area contributed by atoms with Gasteiger partial charge in [0.15, 0.2) is 0 Å². The summed E-state index contributed by atoms with van der Waals surface area (Å²) in [6.07, 6.45) is 0. The number of amides is 8. The van der Waals surface area contributed by atoms with Gasteiger partial charge in [0.1, 0.15) is 11.5 Å². The summed E-state index contributed by atoms with van der Waals surface area (Å²) in [7, 11) is -8.68. The van der Waals surface area contributed by atoms with Gasteiger partial charge < -0.3 is 16.2 Å². The average molecular weight is 526 g/mol. The van der Waals surface area contributed by atoms with Gasteiger partial charge in [0.2, 0.25) is 0 Å². The molecule has 2 aromatic rings. The average Bonchev–Trinajstić information content (AvgIpc) is 2.76. The van der Waals surface area contributed by atoms with E-state index in [1.807, 2.05) is 0 Å². The SMILES string of the molecule is NC(=O)N=NC(=O)NS(=O)(=O)c1ccc(Oc2ccc(S(=O)(=O)NC(=O)N=NC(N)=O)cc2)cc1. The summed E-state index contributed by atoms with van der Waals surface area (Å²) in [5.74, 6) is 0.277. The van der Waals surface area contributed by atoms with Crippen LogP contribution in [0.25, 0.3) is 0 Å². The third kappa shape index (κ3) is 8.25. The molecule has 2 rings (SSSR count). The first-order valence-corrected chi connectivity index (χ1v) is 11.7. The number of urea groups is 4. The van der Waals surface area contributed by atoms with E-state index in [0.29, 0.717) is 0 Å². The van der Waals surface area contributed by atoms with Crippen LogP contribution in [0.5, 0.6) is 11.5 Å². The molecule has 6 N–H and O–H groups in total. The molecule has 0 unspecified atom stereocenters. The van der Waals surface area contributed by atoms with Crippen molar-refractivity contribution in [1.29, 1.82) is 0 Å². The maximum atomic E-state index is 12.1. The number of benzene rings is 2. The van der Waals surface area contributed by atoms with E-state index in [1.165, 1.54) is 24.3 Å². The fourth-order valence-electron chi connectivity index (χ4n) is 2.09. The minimum Gasteiger partial charge on any atom is -0.457 e. The number of azo groups is 2. The number of nitrogens with two attached hydrogens (primary N) is 2. The maximum absolute atomic E-state index is 12.1. The van der Waals surface area contributed by atoms with Gasteiger partial charge in [-0.3, -0.25) is 0 Å². The van der Waals surface area contributed by atoms with Gasteiger partial charge in [-0.05, 0) is 48.5 Å². The molecule has 0 saturated heterocycles. The van der Waals surface area contributed by atoms with E-state index in [2.05, 4.69) is 31.9 Å². The van der Waals surface area contributed by atoms with Crippen LogP contribution in [0.2, 0.25) is 0 Å². The standard InChI is InChI=1S/C16H14N8O9S2/c17-13(25)19-21-15(27)23-34(29,30)11-5-1-9(2-6-11)33-10-3-7-12(8-4-10)35(31,32)24-16(28)22-20-14(18)26/h1-8H,(H2,17,25)(H2,18,26)(H,23,27)(H,24,28). The van der Waals surface area contributed by atoms with Gasteiger partial charge in [-0.1, -0.05) is 20.5 Å². The Kier molecular flexibility index (Phi) is 8.24. The number of carbonyl (C=O) groups is 4. The second kappa shape index (κ2) is 10.9. The second-order valence-corrected chi connectivity index (χ2v) is 9.31. The van der Waals surface area contributed by atoms with E-state index < -0.39 is 44.2 Å². The number of primary amides is 2. The first kappa shape index (κ1) is 26.5. The monoisotopic (exact) mass is 526 g/mol. The molecule has 0 heterocycles. The third-order valence-corrected chi connectivity index (χ3v) is 6.10. The highest BCUT2D eigenvalue weighted by molar-refractivity contribution is 7.90. The molecular formula is C16H14N8O9S2. The lowest BCUT2D eigenvalue weighted by atomic mass is 10.3. The lowest BCUT2D eigenvalue weighted by molar-refractivity contribution is 0.247. The van der Waals surface area contributed by atoms with Gasteiger partial charge in [0, 0.05) is 0 Å². The summed E-state index contributed by atoms with van der Waals surface area (Å²) in [6, 6.07) is 3.83. The Morgan fingerprint density at radius 1 is 0.600 bits per heavy atom. The zero-order chi connectivity index (χ0) is 26.2. The summed E-state index contributed by atoms with van der Waals surface area (Å²) in [5.41, 5.74) is 9.31. The quantitative estimate of drug-likeness (QED) is 0.394. The topological polar surface area (TPSA) is 271 Å². The van der Waals surface area contributed by atoms with Crippen molar-refractivity contribution in [3.8, 4) is 11.5 Å². The minimum atomic E-state index is -4.34. The molecule has 0 spiro atoms. The van der Waals surface area contributed by atoms with Crippen LogP contribution < -0.4 is 25.6 Å². The van der Waals surface area contributed by atoms with Gasteiger partial charge >= 0.3 is 24.1 Å². The fraction of sp³-hybridized carbons (Fsp3) is 0. The number of rotatable bonds is 6. The molecule has 0 aliphatic heterocycles. The third-order valence-electron chi connectivity index (χ3n) is 3.43. The molecule has 0 fully saturated rings. The Bertz CT molecular complexity index is 1310. The van der Waals surface area contributed by atoms with Crippen molar-refractivity contribution in [3.63, 3.8) is 0 Å². The van der Waals surface area contributed by atoms with E-state index in [0.717, 1.165) is 24.3 Å². The number of sulfonamides is 2. The van der Waals surface area contributed by atoms with Gasteiger partial charge in [0.25, 0.3) is 20.0 Å². The first-order chi connectivity index (χ1) is 16.3. The maximum Gasteiger partial charge on any atom is 0.373 e. The highest BCUT2D eigenvalue weighted by Gasteiger charge is 2.19. The molecule has 0 atom stereocenters. The van der Waals surface area contributed by atoms with Crippen LogP contribution >= 0.6 is 0 Å². The number of ether oxygens (including phenoxy) is 1. The van der Waals surface area contributed by atoms with E-state index in [4.69, 9.17) is 4.74 Å². The molecular weight excluding hydrogens is 512 g/mol. The molecule has 0 bridgehead atoms. The number of hydrogen-bond acceptors (Lipinski definition) is 9. The molecule has 0 radical (unpaired) electrons. The first-order valence-electron chi connectivity index (χ1n) is 8.72. The largest absolute Gasteiger partial charge is 0.457 e. The Morgan fingerprint density at radius 3 is 1.20 bits per heavy atom. The van der Waals surface area contributed by atoms with Gasteiger partial charge in [0.05, 0.1) is 9.79 Å². The summed E-state index contributed by atoms with van der Waals surface area (Å²) in [4.78, 5) is 42.9. The number of hydrogen-bond donors (Lipinski definition) is 4. The predicted molar refractivity (Wildman–Crippen MR) is 113 cm³/mol. The molecule has 19 heteroatoms. The van der Waals surface area contributed by atoms with Crippen LogP contribution in [-0.4, -0.2) is 41.0 Å². The van der Waals surface area contributed by atoms with Gasteiger partial charge in [-0.25, -0.2) is 45.5 Å². The zero-order valence-electron chi connectivity index (χ0n) is 17.1. The van der Waals surface area contributed by atoms with Crippen molar-refractivity contribution in [3.05, 3.63) is 48.5 Å². The predicted octanol–water partition coefficient (Wildman–Crippen LogP) is 1.34. The van der Waals surface area contributed by atoms with Crippen molar-refractivity contribution < 1.29 is 40.8 Å². The molecule has 0 aromatic heterocycles. The summed E-state index contributed by atoms with van der Waals surface area (Å²) < 4.78 is 57.1. The Labute approximate surface area is 196 Å². The number of carbonyl (C=O) groups excluding carboxylic acids is 4. The van der Waals surface area contributed by atoms with E-state index in [1.54, 1.807) is 9.44 Å². The van der Waals surface area contributed by atoms with Crippen LogP contribution in [0.15, 0.2) is 78.8 Å². The summed E-state index contributed by atoms with van der Waals surface area (Å²) in [5, 5.41) is 10.9. The Balaban J connectivity index is 2.07. The summed E-state index contributed by atoms with van der Waals surface area (Å²) in [6.45, 7) is 0. The lowest BCUT2D eigenvalue weighted by Gasteiger charge is -2.09. The van der Waals surface area contributed by atoms with E-state index >= 15 is 0 Å². The highest BCUT2D eigenvalue weighted by atomic mass is 32.2. The molecule has 2 aromatic carbocycles. The number of nitrogens with one attached hydrogen (secondary N) is 2. The summed E-state index contributed by atoms with van der Waals surface area (Å²) >= 11 is 0. The number of nitrogens with zero attached hydrogens (tertiary/aromatic N) is 4. The highest BCUT2D eigenvalue weighted by Crippen LogP contribution is 2.24. The van der Waals surface area contributed by atoms with Crippen LogP contribution in [-0.2, 0) is 20.0 Å². The lowest BCUT2D eigenvalue weighted by Crippen LogP contribution is -2.28. The van der Waals surface area contributed by atoms with Crippen molar-refractivity contribution in [1.82, 2.24) is 9.44 Å². The minimum absolute atomic E-state index is 0.138. The van der Waals surface area contributed by atoms with Gasteiger partial charge in [-0.15, -0.1) is 0 Å². The van der Waals surface area contributed by atoms with E-state index in [9.17, 15) is 36.0 Å². The van der Waals surface area contributed by atoms with Crippen LogP contribution in [0.3, 0.4) is 0 Å². The zero-order valence-corrected chi connectivity index (χ0v) is 18.7. The molecule has 35 heavy (non-hydrogen) atoms. The molecule has 8 amide bonds. The Hall–Kier alpha value is -4.78. The molecule has 0 aliphatic rings. The van der Waals surface area contributed by atoms with Crippen molar-refractivity contribution in [2.45, 2.75) is 9.79 Å². The van der Waals surface area contributed by atoms with Crippen molar-refractivity contribution >= 4 is 44.2 Å². The van der Waals surface area contributed by atoms with Crippen LogP contribution in [0.4, 0.5) is 19.2 Å². The van der Waals surface area contributed by atoms with Gasteiger partial charge in [-0.2, -0.15) is 0 Å². The molecule has 0 saturated carbocycles. The second-order valence-electron chi connectivity index (χ2n) is 5.94. The van der Waals surface area contributed by atoms with Crippen LogP contribution in [0, 0.1) is 0 Å². The fourth-order valence-corrected chi connectivity index (χ4v) is 3.85. The normalized spacial score (nSPS) is 11.8. The van der Waals surface area contributed by atoms with E-state index in [-0.39, 0.29) is 21.3 Å². The smallest absolute Gasteiger partial charge is 0.373 e. The van der Waals surface area contributed by atoms with Crippen molar-refractivity contribution in [2.75, 3.05) is 0 Å². The molecule has 184 valence electrons. The Morgan fingerprint density at radius 2 is 0.914 bits per heavy atom. The molecule has 0 aliphatic carbocycles. The van der Waals surface area contributed by atoms with Crippen LogP contribution in [0.1, 0.15) is 0 Å².